The van der Waals surface area contributed by atoms with Crippen LogP contribution >= 0.6 is 0 Å². The quantitative estimate of drug-likeness (QED) is 0.646. The molecule has 0 fully saturated rings. The molecule has 2 aromatic rings. The summed E-state index contributed by atoms with van der Waals surface area (Å²) in [5, 5.41) is 8.80. The van der Waals surface area contributed by atoms with E-state index in [1.165, 1.54) is 6.20 Å². The minimum atomic E-state index is -0.900. The zero-order chi connectivity index (χ0) is 22.4. The lowest BCUT2D eigenvalue weighted by Gasteiger charge is -2.23. The minimum absolute atomic E-state index is 0.0707. The Kier molecular flexibility index (Phi) is 7.17. The number of carbonyl (C=O) groups excluding carboxylic acids is 4. The van der Waals surface area contributed by atoms with Crippen LogP contribution in [0.3, 0.4) is 0 Å². The first-order valence-electron chi connectivity index (χ1n) is 10.1. The largest absolute Gasteiger partial charge is 0.445 e. The summed E-state index contributed by atoms with van der Waals surface area (Å²) in [4.78, 5) is 49.8. The number of nitrogens with one attached hydrogen (secondary N) is 2. The molecule has 9 heteroatoms. The van der Waals surface area contributed by atoms with Gasteiger partial charge in [-0.05, 0) is 11.5 Å². The molecule has 1 aromatic heterocycles. The number of aromatic nitrogens is 1. The molecule has 2 unspecified atom stereocenters. The first kappa shape index (κ1) is 22.2. The third-order valence-electron chi connectivity index (χ3n) is 5.14. The highest BCUT2D eigenvalue weighted by Gasteiger charge is 2.35. The molecule has 0 spiro atoms. The molecular formula is C22H25N3O6. The van der Waals surface area contributed by atoms with Gasteiger partial charge in [0.15, 0.2) is 5.78 Å². The Balaban J connectivity index is 1.64. The molecule has 9 nitrogen and oxygen atoms in total. The SMILES string of the molecule is CC(C)C(NC(=O)OCc1ccccc1)C(=O)CC1Cc2oncc2CNC(=O)C1=O. The van der Waals surface area contributed by atoms with Crippen molar-refractivity contribution in [1.29, 1.82) is 0 Å². The van der Waals surface area contributed by atoms with Gasteiger partial charge in [-0.1, -0.05) is 49.3 Å². The Morgan fingerprint density at radius 1 is 1.26 bits per heavy atom. The average Bonchev–Trinajstić information content (AvgIpc) is 3.19. The number of amides is 2. The van der Waals surface area contributed by atoms with Gasteiger partial charge in [-0.2, -0.15) is 0 Å². The van der Waals surface area contributed by atoms with Crippen LogP contribution in [0.5, 0.6) is 0 Å². The average molecular weight is 427 g/mol. The number of hydrogen-bond donors (Lipinski definition) is 2. The number of ketones is 2. The first-order chi connectivity index (χ1) is 14.8. The van der Waals surface area contributed by atoms with Gasteiger partial charge in [0, 0.05) is 30.9 Å². The number of fused-ring (bicyclic) bond motifs is 1. The van der Waals surface area contributed by atoms with Gasteiger partial charge in [0.1, 0.15) is 12.4 Å². The van der Waals surface area contributed by atoms with Crippen LogP contribution in [0.25, 0.3) is 0 Å². The van der Waals surface area contributed by atoms with E-state index in [1.54, 1.807) is 13.8 Å². The lowest BCUT2D eigenvalue weighted by atomic mass is 9.86. The fourth-order valence-electron chi connectivity index (χ4n) is 3.41. The molecule has 164 valence electrons. The van der Waals surface area contributed by atoms with Crippen LogP contribution in [0.4, 0.5) is 4.79 Å². The van der Waals surface area contributed by atoms with Crippen molar-refractivity contribution < 1.29 is 28.4 Å². The molecule has 1 aliphatic rings. The first-order valence-corrected chi connectivity index (χ1v) is 10.1. The molecule has 0 radical (unpaired) electrons. The normalized spacial score (nSPS) is 17.2. The van der Waals surface area contributed by atoms with E-state index in [2.05, 4.69) is 15.8 Å². The van der Waals surface area contributed by atoms with E-state index < -0.39 is 29.7 Å². The number of alkyl carbamates (subject to hydrolysis) is 1. The fourth-order valence-corrected chi connectivity index (χ4v) is 3.41. The van der Waals surface area contributed by atoms with Gasteiger partial charge in [-0.25, -0.2) is 4.79 Å². The molecule has 3 rings (SSSR count). The number of nitrogens with zero attached hydrogens (tertiary/aromatic N) is 1. The summed E-state index contributed by atoms with van der Waals surface area (Å²) < 4.78 is 10.4. The Bertz CT molecular complexity index is 953. The van der Waals surface area contributed by atoms with Crippen molar-refractivity contribution in [2.45, 2.75) is 45.9 Å². The smallest absolute Gasteiger partial charge is 0.408 e. The molecule has 0 saturated heterocycles. The minimum Gasteiger partial charge on any atom is -0.445 e. The molecule has 2 atom stereocenters. The van der Waals surface area contributed by atoms with E-state index in [1.807, 2.05) is 30.3 Å². The molecule has 2 amide bonds. The summed E-state index contributed by atoms with van der Waals surface area (Å²) in [6.07, 6.45) is 0.631. The number of rotatable bonds is 7. The monoisotopic (exact) mass is 427 g/mol. The van der Waals surface area contributed by atoms with Gasteiger partial charge >= 0.3 is 6.09 Å². The summed E-state index contributed by atoms with van der Waals surface area (Å²) >= 11 is 0. The molecule has 1 aromatic carbocycles. The van der Waals surface area contributed by atoms with E-state index in [9.17, 15) is 19.2 Å². The molecule has 1 aliphatic heterocycles. The third-order valence-corrected chi connectivity index (χ3v) is 5.14. The fraction of sp³-hybridized carbons (Fsp3) is 0.409. The molecule has 2 heterocycles. The van der Waals surface area contributed by atoms with E-state index >= 15 is 0 Å². The Labute approximate surface area is 179 Å². The van der Waals surface area contributed by atoms with Crippen LogP contribution in [0.15, 0.2) is 41.1 Å². The van der Waals surface area contributed by atoms with Gasteiger partial charge < -0.3 is 19.9 Å². The van der Waals surface area contributed by atoms with Gasteiger partial charge in [0.25, 0.3) is 5.91 Å². The van der Waals surface area contributed by atoms with Gasteiger partial charge in [0.05, 0.1) is 12.2 Å². The van der Waals surface area contributed by atoms with Crippen LogP contribution < -0.4 is 10.6 Å². The standard InChI is InChI=1S/C22H25N3O6/c1-13(2)19(25-22(29)30-12-14-6-4-3-5-7-14)17(26)8-15-9-18-16(11-24-31-18)10-23-21(28)20(15)27/h3-7,11,13,15,19H,8-10,12H2,1-2H3,(H,23,28)(H,25,29). The van der Waals surface area contributed by atoms with Gasteiger partial charge in [0.2, 0.25) is 5.78 Å². The Hall–Kier alpha value is -3.49. The second kappa shape index (κ2) is 10.0. The number of Topliss-reactive ketones (excluding diaryl/α,β-unsaturated/α-hetero) is 2. The zero-order valence-corrected chi connectivity index (χ0v) is 17.4. The predicted octanol–water partition coefficient (Wildman–Crippen LogP) is 1.94. The highest BCUT2D eigenvalue weighted by Crippen LogP contribution is 2.21. The molecule has 2 N–H and O–H groups in total. The zero-order valence-electron chi connectivity index (χ0n) is 17.4. The molecule has 31 heavy (non-hydrogen) atoms. The second-order valence-electron chi connectivity index (χ2n) is 7.82. The van der Waals surface area contributed by atoms with Crippen LogP contribution in [0.2, 0.25) is 0 Å². The van der Waals surface area contributed by atoms with Crippen LogP contribution in [-0.2, 0) is 38.7 Å². The lowest BCUT2D eigenvalue weighted by Crippen LogP contribution is -2.46. The predicted molar refractivity (Wildman–Crippen MR) is 109 cm³/mol. The van der Waals surface area contributed by atoms with Gasteiger partial charge in [-0.15, -0.1) is 0 Å². The van der Waals surface area contributed by atoms with E-state index in [0.29, 0.717) is 11.3 Å². The topological polar surface area (TPSA) is 128 Å². The van der Waals surface area contributed by atoms with Crippen molar-refractivity contribution in [1.82, 2.24) is 15.8 Å². The maximum absolute atomic E-state index is 13.0. The summed E-state index contributed by atoms with van der Waals surface area (Å²) in [7, 11) is 0. The third kappa shape index (κ3) is 5.78. The van der Waals surface area contributed by atoms with Crippen LogP contribution in [0.1, 0.15) is 37.2 Å². The molecule has 0 bridgehead atoms. The maximum atomic E-state index is 13.0. The van der Waals surface area contributed by atoms with Crippen molar-refractivity contribution in [3.05, 3.63) is 53.4 Å². The lowest BCUT2D eigenvalue weighted by molar-refractivity contribution is -0.141. The van der Waals surface area contributed by atoms with Crippen molar-refractivity contribution in [3.63, 3.8) is 0 Å². The van der Waals surface area contributed by atoms with Gasteiger partial charge in [-0.3, -0.25) is 14.4 Å². The second-order valence-corrected chi connectivity index (χ2v) is 7.82. The van der Waals surface area contributed by atoms with Crippen molar-refractivity contribution >= 4 is 23.6 Å². The summed E-state index contributed by atoms with van der Waals surface area (Å²) in [6, 6.07) is 8.30. The van der Waals surface area contributed by atoms with E-state index in [0.717, 1.165) is 5.56 Å². The van der Waals surface area contributed by atoms with Crippen molar-refractivity contribution in [2.24, 2.45) is 11.8 Å². The highest BCUT2D eigenvalue weighted by molar-refractivity contribution is 6.37. The summed E-state index contributed by atoms with van der Waals surface area (Å²) in [6.45, 7) is 3.78. The number of benzene rings is 1. The van der Waals surface area contributed by atoms with Crippen LogP contribution in [-0.4, -0.2) is 34.8 Å². The number of carbonyl (C=O) groups is 4. The summed E-state index contributed by atoms with van der Waals surface area (Å²) in [5.74, 6) is -2.48. The maximum Gasteiger partial charge on any atom is 0.408 e. The molecular weight excluding hydrogens is 402 g/mol. The highest BCUT2D eigenvalue weighted by atomic mass is 16.5. The Morgan fingerprint density at radius 3 is 2.71 bits per heavy atom. The number of hydrogen-bond acceptors (Lipinski definition) is 7. The number of ether oxygens (including phenoxy) is 1. The van der Waals surface area contributed by atoms with Crippen LogP contribution in [0, 0.1) is 11.8 Å². The Morgan fingerprint density at radius 2 is 2.00 bits per heavy atom. The van der Waals surface area contributed by atoms with Crippen molar-refractivity contribution in [2.75, 3.05) is 0 Å². The summed E-state index contributed by atoms with van der Waals surface area (Å²) in [5.41, 5.74) is 1.49. The molecule has 0 saturated carbocycles. The van der Waals surface area contributed by atoms with Crippen molar-refractivity contribution in [3.8, 4) is 0 Å². The molecule has 0 aliphatic carbocycles. The van der Waals surface area contributed by atoms with E-state index in [-0.39, 0.29) is 37.7 Å². The van der Waals surface area contributed by atoms with E-state index in [4.69, 9.17) is 9.26 Å².